The zero-order chi connectivity index (χ0) is 9.68. The average Bonchev–Trinajstić information content (AvgIpc) is 2.11. The summed E-state index contributed by atoms with van der Waals surface area (Å²) in [4.78, 5) is 0.804. The van der Waals surface area contributed by atoms with Crippen LogP contribution in [0.2, 0.25) is 0 Å². The molecule has 0 saturated heterocycles. The molecule has 13 heavy (non-hydrogen) atoms. The molecule has 1 rings (SSSR count). The fourth-order valence-electron chi connectivity index (χ4n) is 0.867. The first-order valence-electron chi connectivity index (χ1n) is 4.03. The summed E-state index contributed by atoms with van der Waals surface area (Å²) >= 11 is 1.53. The predicted octanol–water partition coefficient (Wildman–Crippen LogP) is 3.08. The van der Waals surface area contributed by atoms with Gasteiger partial charge in [0.1, 0.15) is 5.82 Å². The Hall–Kier alpha value is -0.960. The number of rotatable bonds is 3. The minimum absolute atomic E-state index is 0.239. The lowest BCUT2D eigenvalue weighted by atomic mass is 10.3. The molecule has 1 aromatic rings. The quantitative estimate of drug-likeness (QED) is 0.458. The van der Waals surface area contributed by atoms with Gasteiger partial charge >= 0.3 is 0 Å². The number of hydrogen-bond acceptors (Lipinski definition) is 2. The van der Waals surface area contributed by atoms with Crippen LogP contribution in [0.5, 0.6) is 0 Å². The third-order valence-corrected chi connectivity index (χ3v) is 2.57. The van der Waals surface area contributed by atoms with E-state index in [1.807, 2.05) is 19.1 Å². The summed E-state index contributed by atoms with van der Waals surface area (Å²) in [7, 11) is 0. The van der Waals surface area contributed by atoms with E-state index >= 15 is 0 Å². The highest BCUT2D eigenvalue weighted by molar-refractivity contribution is 7.99. The van der Waals surface area contributed by atoms with Gasteiger partial charge in [0.05, 0.1) is 0 Å². The van der Waals surface area contributed by atoms with E-state index in [1.165, 1.54) is 23.9 Å². The van der Waals surface area contributed by atoms with Crippen LogP contribution >= 0.6 is 11.8 Å². The number of nitrogen functional groups attached to an aromatic ring is 1. The van der Waals surface area contributed by atoms with Crippen LogP contribution in [0.4, 0.5) is 10.1 Å². The number of halogens is 1. The fraction of sp³-hybridized carbons (Fsp3) is 0.200. The van der Waals surface area contributed by atoms with Crippen LogP contribution < -0.4 is 5.73 Å². The second-order valence-electron chi connectivity index (χ2n) is 2.56. The summed E-state index contributed by atoms with van der Waals surface area (Å²) in [6, 6.07) is 4.42. The summed E-state index contributed by atoms with van der Waals surface area (Å²) in [6.45, 7) is 1.95. The summed E-state index contributed by atoms with van der Waals surface area (Å²) in [5, 5.41) is 0. The van der Waals surface area contributed by atoms with Crippen molar-refractivity contribution in [3.05, 3.63) is 36.2 Å². The second kappa shape index (κ2) is 4.92. The highest BCUT2D eigenvalue weighted by Gasteiger charge is 1.99. The lowest BCUT2D eigenvalue weighted by molar-refractivity contribution is 0.624. The molecular formula is C10H12FNS. The Bertz CT molecular complexity index is 310. The molecule has 0 amide bonds. The Morgan fingerprint density at radius 1 is 1.54 bits per heavy atom. The van der Waals surface area contributed by atoms with E-state index in [9.17, 15) is 4.39 Å². The topological polar surface area (TPSA) is 26.0 Å². The van der Waals surface area contributed by atoms with Crippen molar-refractivity contribution in [1.29, 1.82) is 0 Å². The SMILES string of the molecule is CC=CCSc1cc(F)ccc1N. The number of benzene rings is 1. The van der Waals surface area contributed by atoms with Gasteiger partial charge < -0.3 is 5.73 Å². The smallest absolute Gasteiger partial charge is 0.124 e. The highest BCUT2D eigenvalue weighted by atomic mass is 32.2. The molecule has 3 heteroatoms. The number of nitrogens with two attached hydrogens (primary N) is 1. The normalized spacial score (nSPS) is 10.9. The lowest BCUT2D eigenvalue weighted by Crippen LogP contribution is -1.89. The molecule has 0 spiro atoms. The van der Waals surface area contributed by atoms with Crippen LogP contribution in [0, 0.1) is 5.82 Å². The van der Waals surface area contributed by atoms with E-state index in [0.29, 0.717) is 5.69 Å². The van der Waals surface area contributed by atoms with Crippen LogP contribution in [-0.2, 0) is 0 Å². The molecule has 1 nitrogen and oxygen atoms in total. The van der Waals surface area contributed by atoms with Crippen LogP contribution in [0.25, 0.3) is 0 Å². The Balaban J connectivity index is 2.69. The minimum Gasteiger partial charge on any atom is -0.398 e. The van der Waals surface area contributed by atoms with Gasteiger partial charge in [0.15, 0.2) is 0 Å². The van der Waals surface area contributed by atoms with Gasteiger partial charge in [-0.1, -0.05) is 12.2 Å². The van der Waals surface area contributed by atoms with Gasteiger partial charge in [0, 0.05) is 16.3 Å². The van der Waals surface area contributed by atoms with Crippen molar-refractivity contribution in [3.63, 3.8) is 0 Å². The van der Waals surface area contributed by atoms with Crippen LogP contribution in [-0.4, -0.2) is 5.75 Å². The number of anilines is 1. The summed E-state index contributed by atoms with van der Waals surface area (Å²) in [5.41, 5.74) is 6.30. The van der Waals surface area contributed by atoms with Crippen molar-refractivity contribution in [1.82, 2.24) is 0 Å². The summed E-state index contributed by atoms with van der Waals surface area (Å²) in [5.74, 6) is 0.585. The molecule has 0 radical (unpaired) electrons. The van der Waals surface area contributed by atoms with Gasteiger partial charge in [-0.05, 0) is 25.1 Å². The van der Waals surface area contributed by atoms with E-state index < -0.39 is 0 Å². The van der Waals surface area contributed by atoms with Gasteiger partial charge in [-0.2, -0.15) is 0 Å². The molecule has 0 aliphatic rings. The van der Waals surface area contributed by atoms with E-state index in [-0.39, 0.29) is 5.82 Å². The van der Waals surface area contributed by atoms with Crippen molar-refractivity contribution < 1.29 is 4.39 Å². The van der Waals surface area contributed by atoms with Crippen molar-refractivity contribution >= 4 is 17.4 Å². The van der Waals surface area contributed by atoms with Crippen LogP contribution in [0.15, 0.2) is 35.2 Å². The Labute approximate surface area is 81.8 Å². The minimum atomic E-state index is -0.239. The molecule has 0 aromatic heterocycles. The first-order chi connectivity index (χ1) is 6.24. The molecule has 0 saturated carbocycles. The molecule has 0 aliphatic carbocycles. The molecule has 0 atom stereocenters. The first-order valence-corrected chi connectivity index (χ1v) is 5.01. The van der Waals surface area contributed by atoms with Gasteiger partial charge in [-0.3, -0.25) is 0 Å². The number of thioether (sulfide) groups is 1. The first kappa shape index (κ1) is 10.1. The second-order valence-corrected chi connectivity index (χ2v) is 3.62. The van der Waals surface area contributed by atoms with Gasteiger partial charge in [0.2, 0.25) is 0 Å². The standard InChI is InChI=1S/C10H12FNS/c1-2-3-6-13-10-7-8(11)4-5-9(10)12/h2-5,7H,6,12H2,1H3. The van der Waals surface area contributed by atoms with Crippen LogP contribution in [0.1, 0.15) is 6.92 Å². The van der Waals surface area contributed by atoms with E-state index in [1.54, 1.807) is 6.07 Å². The van der Waals surface area contributed by atoms with E-state index in [0.717, 1.165) is 10.6 Å². The molecule has 0 fully saturated rings. The molecule has 0 bridgehead atoms. The predicted molar refractivity (Wildman–Crippen MR) is 56.4 cm³/mol. The molecule has 0 aliphatic heterocycles. The number of hydrogen-bond donors (Lipinski definition) is 1. The zero-order valence-electron chi connectivity index (χ0n) is 7.46. The Morgan fingerprint density at radius 2 is 2.31 bits per heavy atom. The Kier molecular flexibility index (Phi) is 3.83. The summed E-state index contributed by atoms with van der Waals surface area (Å²) < 4.78 is 12.8. The molecule has 0 heterocycles. The van der Waals surface area contributed by atoms with Crippen LogP contribution in [0.3, 0.4) is 0 Å². The maximum atomic E-state index is 12.8. The zero-order valence-corrected chi connectivity index (χ0v) is 8.27. The molecule has 0 unspecified atom stereocenters. The molecule has 1 aromatic carbocycles. The maximum absolute atomic E-state index is 12.8. The number of allylic oxidation sites excluding steroid dienone is 1. The van der Waals surface area contributed by atoms with Gasteiger partial charge in [-0.15, -0.1) is 11.8 Å². The Morgan fingerprint density at radius 3 is 3.00 bits per heavy atom. The lowest BCUT2D eigenvalue weighted by Gasteiger charge is -2.02. The van der Waals surface area contributed by atoms with Gasteiger partial charge in [0.25, 0.3) is 0 Å². The third-order valence-electron chi connectivity index (χ3n) is 1.55. The van der Waals surface area contributed by atoms with Crippen molar-refractivity contribution in [3.8, 4) is 0 Å². The monoisotopic (exact) mass is 197 g/mol. The van der Waals surface area contributed by atoms with Crippen molar-refractivity contribution in [2.75, 3.05) is 11.5 Å². The fourth-order valence-corrected chi connectivity index (χ4v) is 1.77. The molecule has 70 valence electrons. The largest absolute Gasteiger partial charge is 0.398 e. The third kappa shape index (κ3) is 3.11. The van der Waals surface area contributed by atoms with Crippen molar-refractivity contribution in [2.24, 2.45) is 0 Å². The maximum Gasteiger partial charge on any atom is 0.124 e. The highest BCUT2D eigenvalue weighted by Crippen LogP contribution is 2.25. The van der Waals surface area contributed by atoms with Crippen molar-refractivity contribution in [2.45, 2.75) is 11.8 Å². The molecule has 2 N–H and O–H groups in total. The average molecular weight is 197 g/mol. The summed E-state index contributed by atoms with van der Waals surface area (Å²) in [6.07, 6.45) is 3.97. The molecular weight excluding hydrogens is 185 g/mol. The van der Waals surface area contributed by atoms with E-state index in [4.69, 9.17) is 5.73 Å². The van der Waals surface area contributed by atoms with E-state index in [2.05, 4.69) is 0 Å². The van der Waals surface area contributed by atoms with Gasteiger partial charge in [-0.25, -0.2) is 4.39 Å².